The first kappa shape index (κ1) is 19.1. The topological polar surface area (TPSA) is 96.2 Å². The summed E-state index contributed by atoms with van der Waals surface area (Å²) in [6, 6.07) is 5.35. The Hall–Kier alpha value is -2.68. The van der Waals surface area contributed by atoms with Gasteiger partial charge in [0.05, 0.1) is 18.0 Å². The van der Waals surface area contributed by atoms with E-state index >= 15 is 0 Å². The molecule has 1 N–H and O–H groups in total. The summed E-state index contributed by atoms with van der Waals surface area (Å²) in [4.78, 5) is 39.4. The first-order valence-corrected chi connectivity index (χ1v) is 9.63. The molecule has 27 heavy (non-hydrogen) atoms. The number of aromatic amines is 1. The summed E-state index contributed by atoms with van der Waals surface area (Å²) in [5, 5.41) is 3.37. The van der Waals surface area contributed by atoms with Gasteiger partial charge in [-0.15, -0.1) is 0 Å². The van der Waals surface area contributed by atoms with Crippen LogP contribution in [0.5, 0.6) is 0 Å². The number of aromatic nitrogens is 5. The van der Waals surface area contributed by atoms with Crippen molar-refractivity contribution < 1.29 is 4.79 Å². The zero-order valence-electron chi connectivity index (χ0n) is 15.8. The summed E-state index contributed by atoms with van der Waals surface area (Å²) < 4.78 is 1.28. The van der Waals surface area contributed by atoms with Crippen molar-refractivity contribution in [1.82, 2.24) is 29.5 Å². The number of H-pyrrole nitrogens is 1. The fraction of sp³-hybridized carbons (Fsp3) is 0.389. The fourth-order valence-corrected chi connectivity index (χ4v) is 3.38. The highest BCUT2D eigenvalue weighted by Gasteiger charge is 2.19. The summed E-state index contributed by atoms with van der Waals surface area (Å²) >= 11 is 1.25. The second-order valence-corrected chi connectivity index (χ2v) is 7.54. The van der Waals surface area contributed by atoms with Crippen molar-refractivity contribution in [3.8, 4) is 0 Å². The molecule has 0 aromatic carbocycles. The van der Waals surface area contributed by atoms with Gasteiger partial charge in [-0.2, -0.15) is 9.50 Å². The maximum absolute atomic E-state index is 12.8. The monoisotopic (exact) mass is 386 g/mol. The van der Waals surface area contributed by atoms with Gasteiger partial charge in [0.15, 0.2) is 5.16 Å². The smallest absolute Gasteiger partial charge is 0.274 e. The highest BCUT2D eigenvalue weighted by molar-refractivity contribution is 7.99. The van der Waals surface area contributed by atoms with E-state index in [0.29, 0.717) is 23.2 Å². The fourth-order valence-electron chi connectivity index (χ4n) is 2.65. The lowest BCUT2D eigenvalue weighted by Crippen LogP contribution is -2.38. The lowest BCUT2D eigenvalue weighted by atomic mass is 10.2. The van der Waals surface area contributed by atoms with Crippen LogP contribution in [0, 0.1) is 13.8 Å². The number of hydrogen-bond donors (Lipinski definition) is 1. The van der Waals surface area contributed by atoms with Crippen LogP contribution in [0.15, 0.2) is 34.3 Å². The van der Waals surface area contributed by atoms with E-state index in [1.165, 1.54) is 22.3 Å². The van der Waals surface area contributed by atoms with Crippen LogP contribution in [0.4, 0.5) is 0 Å². The molecule has 0 aliphatic rings. The van der Waals surface area contributed by atoms with Crippen molar-refractivity contribution in [2.45, 2.75) is 45.4 Å². The lowest BCUT2D eigenvalue weighted by Gasteiger charge is -2.26. The first-order valence-electron chi connectivity index (χ1n) is 8.64. The molecule has 0 saturated carbocycles. The Balaban J connectivity index is 1.72. The summed E-state index contributed by atoms with van der Waals surface area (Å²) in [7, 11) is 0. The van der Waals surface area contributed by atoms with Crippen LogP contribution in [0.3, 0.4) is 0 Å². The van der Waals surface area contributed by atoms with Gasteiger partial charge < -0.3 is 4.90 Å². The lowest BCUT2D eigenvalue weighted by molar-refractivity contribution is -0.130. The number of thioether (sulfide) groups is 1. The third-order valence-corrected chi connectivity index (χ3v) is 5.00. The number of pyridine rings is 1. The van der Waals surface area contributed by atoms with E-state index < -0.39 is 0 Å². The molecule has 0 spiro atoms. The van der Waals surface area contributed by atoms with Gasteiger partial charge in [0.25, 0.3) is 11.3 Å². The Morgan fingerprint density at radius 3 is 2.81 bits per heavy atom. The van der Waals surface area contributed by atoms with E-state index in [1.807, 2.05) is 32.9 Å². The van der Waals surface area contributed by atoms with Crippen LogP contribution >= 0.6 is 11.8 Å². The normalized spacial score (nSPS) is 11.3. The van der Waals surface area contributed by atoms with E-state index in [2.05, 4.69) is 20.1 Å². The number of hydrogen-bond acceptors (Lipinski definition) is 6. The molecule has 3 rings (SSSR count). The quantitative estimate of drug-likeness (QED) is 0.651. The molecule has 0 radical (unpaired) electrons. The Kier molecular flexibility index (Phi) is 5.59. The van der Waals surface area contributed by atoms with Gasteiger partial charge in [0.1, 0.15) is 0 Å². The van der Waals surface area contributed by atoms with Crippen LogP contribution < -0.4 is 5.56 Å². The van der Waals surface area contributed by atoms with E-state index in [4.69, 9.17) is 0 Å². The largest absolute Gasteiger partial charge is 0.334 e. The van der Waals surface area contributed by atoms with Gasteiger partial charge >= 0.3 is 0 Å². The van der Waals surface area contributed by atoms with Crippen molar-refractivity contribution >= 4 is 23.4 Å². The number of carbonyl (C=O) groups excluding carboxylic acids is 1. The average molecular weight is 386 g/mol. The Bertz CT molecular complexity index is 1030. The van der Waals surface area contributed by atoms with Gasteiger partial charge in [0.2, 0.25) is 5.91 Å². The van der Waals surface area contributed by atoms with Gasteiger partial charge in [-0.05, 0) is 39.3 Å². The third kappa shape index (κ3) is 4.36. The summed E-state index contributed by atoms with van der Waals surface area (Å²) in [6.45, 7) is 8.15. The average Bonchev–Trinajstić information content (AvgIpc) is 3.02. The second-order valence-electron chi connectivity index (χ2n) is 6.57. The van der Waals surface area contributed by atoms with Crippen molar-refractivity contribution in [3.05, 3.63) is 51.7 Å². The van der Waals surface area contributed by atoms with E-state index in [-0.39, 0.29) is 23.3 Å². The standard InChI is InChI=1S/C18H22N6O2S/c1-11(2)23(9-14-12(3)6-5-7-19-14)16(26)10-27-18-21-17-20-13(4)8-15(25)24(17)22-18/h5-8,11H,9-10H2,1-4H3,(H,20,21,22). The molecular weight excluding hydrogens is 364 g/mol. The Morgan fingerprint density at radius 1 is 1.33 bits per heavy atom. The number of carbonyl (C=O) groups is 1. The molecule has 0 saturated heterocycles. The molecule has 0 fully saturated rings. The number of nitrogens with one attached hydrogen (secondary N) is 1. The van der Waals surface area contributed by atoms with Crippen LogP contribution in [0.25, 0.3) is 5.78 Å². The van der Waals surface area contributed by atoms with Crippen molar-refractivity contribution in [2.24, 2.45) is 0 Å². The molecule has 0 bridgehead atoms. The third-order valence-electron chi connectivity index (χ3n) is 4.15. The molecule has 3 aromatic rings. The molecule has 3 aromatic heterocycles. The number of aryl methyl sites for hydroxylation is 2. The maximum Gasteiger partial charge on any atom is 0.274 e. The number of nitrogens with zero attached hydrogens (tertiary/aromatic N) is 5. The van der Waals surface area contributed by atoms with Crippen LogP contribution in [0.1, 0.15) is 30.8 Å². The zero-order chi connectivity index (χ0) is 19.6. The van der Waals surface area contributed by atoms with Gasteiger partial charge in [-0.3, -0.25) is 19.7 Å². The Morgan fingerprint density at radius 2 is 2.11 bits per heavy atom. The van der Waals surface area contributed by atoms with E-state index in [0.717, 1.165) is 11.3 Å². The molecule has 0 atom stereocenters. The zero-order valence-corrected chi connectivity index (χ0v) is 16.6. The van der Waals surface area contributed by atoms with Gasteiger partial charge in [-0.1, -0.05) is 17.8 Å². The molecule has 0 aliphatic heterocycles. The molecular formula is C18H22N6O2S. The van der Waals surface area contributed by atoms with Crippen molar-refractivity contribution in [2.75, 3.05) is 5.75 Å². The van der Waals surface area contributed by atoms with Gasteiger partial charge in [-0.25, -0.2) is 4.98 Å². The highest BCUT2D eigenvalue weighted by Crippen LogP contribution is 2.17. The predicted octanol–water partition coefficient (Wildman–Crippen LogP) is 1.96. The first-order chi connectivity index (χ1) is 12.8. The number of amides is 1. The minimum atomic E-state index is -0.224. The minimum absolute atomic E-state index is 0.0167. The molecule has 3 heterocycles. The molecule has 8 nitrogen and oxygen atoms in total. The van der Waals surface area contributed by atoms with E-state index in [1.54, 1.807) is 18.0 Å². The minimum Gasteiger partial charge on any atom is -0.334 e. The Labute approximate surface area is 161 Å². The summed E-state index contributed by atoms with van der Waals surface area (Å²) in [5.74, 6) is 0.495. The predicted molar refractivity (Wildman–Crippen MR) is 104 cm³/mol. The van der Waals surface area contributed by atoms with Crippen molar-refractivity contribution in [3.63, 3.8) is 0 Å². The second kappa shape index (κ2) is 7.91. The van der Waals surface area contributed by atoms with Gasteiger partial charge in [0, 0.05) is 24.0 Å². The molecule has 142 valence electrons. The number of rotatable bonds is 6. The summed E-state index contributed by atoms with van der Waals surface area (Å²) in [6.07, 6.45) is 1.74. The SMILES string of the molecule is Cc1cc(=O)n2[nH]c(SCC(=O)N(Cc3ncccc3C)C(C)C)nc2n1. The molecule has 1 amide bonds. The van der Waals surface area contributed by atoms with Crippen LogP contribution in [0.2, 0.25) is 0 Å². The van der Waals surface area contributed by atoms with Crippen LogP contribution in [-0.4, -0.2) is 47.2 Å². The highest BCUT2D eigenvalue weighted by atomic mass is 32.2. The van der Waals surface area contributed by atoms with Crippen molar-refractivity contribution in [1.29, 1.82) is 0 Å². The number of fused-ring (bicyclic) bond motifs is 1. The molecule has 9 heteroatoms. The maximum atomic E-state index is 12.8. The summed E-state index contributed by atoms with van der Waals surface area (Å²) in [5.41, 5.74) is 2.33. The van der Waals surface area contributed by atoms with E-state index in [9.17, 15) is 9.59 Å². The molecule has 0 unspecified atom stereocenters. The molecule has 0 aliphatic carbocycles. The van der Waals surface area contributed by atoms with Crippen LogP contribution in [-0.2, 0) is 11.3 Å².